The van der Waals surface area contributed by atoms with Gasteiger partial charge in [-0.1, -0.05) is 72.3 Å². The Labute approximate surface area is 207 Å². The molecular formula is C31H33NO3. The van der Waals surface area contributed by atoms with E-state index >= 15 is 0 Å². The molecule has 3 aromatic carbocycles. The first-order valence-corrected chi connectivity index (χ1v) is 12.6. The lowest BCUT2D eigenvalue weighted by atomic mass is 9.85. The maximum absolute atomic E-state index is 11.1. The number of nitrogens with zero attached hydrogens (tertiary/aromatic N) is 1. The van der Waals surface area contributed by atoms with Crippen LogP contribution in [0.25, 0.3) is 5.57 Å². The molecule has 4 nitrogen and oxygen atoms in total. The SMILES string of the molecule is CC1=C(CN2CC(C(=O)O)C2)CCc2cc(OCCC(c3ccccc3)c3ccccc3)ccc21. The summed E-state index contributed by atoms with van der Waals surface area (Å²) in [5, 5.41) is 9.12. The maximum Gasteiger partial charge on any atom is 0.309 e. The number of fused-ring (bicyclic) bond motifs is 1. The number of likely N-dealkylation sites (tertiary alicyclic amines) is 1. The highest BCUT2D eigenvalue weighted by Crippen LogP contribution is 2.35. The number of hydrogen-bond acceptors (Lipinski definition) is 3. The molecule has 1 N–H and O–H groups in total. The van der Waals surface area contributed by atoms with Crippen LogP contribution >= 0.6 is 0 Å². The van der Waals surface area contributed by atoms with Crippen LogP contribution in [0.4, 0.5) is 0 Å². The summed E-state index contributed by atoms with van der Waals surface area (Å²) >= 11 is 0. The quantitative estimate of drug-likeness (QED) is 0.418. The monoisotopic (exact) mass is 467 g/mol. The zero-order valence-corrected chi connectivity index (χ0v) is 20.3. The topological polar surface area (TPSA) is 49.8 Å². The van der Waals surface area contributed by atoms with Gasteiger partial charge in [0.2, 0.25) is 0 Å². The second-order valence-electron chi connectivity index (χ2n) is 9.79. The Morgan fingerprint density at radius 1 is 0.971 bits per heavy atom. The van der Waals surface area contributed by atoms with E-state index in [4.69, 9.17) is 9.84 Å². The normalized spacial score (nSPS) is 16.2. The van der Waals surface area contributed by atoms with Gasteiger partial charge in [0.1, 0.15) is 5.75 Å². The molecule has 1 saturated heterocycles. The van der Waals surface area contributed by atoms with Crippen molar-refractivity contribution in [3.05, 3.63) is 107 Å². The minimum Gasteiger partial charge on any atom is -0.494 e. The fraction of sp³-hybridized carbons (Fsp3) is 0.323. The molecule has 3 aromatic rings. The Balaban J connectivity index is 1.22. The fourth-order valence-electron chi connectivity index (χ4n) is 5.41. The van der Waals surface area contributed by atoms with E-state index in [2.05, 4.69) is 90.7 Å². The summed E-state index contributed by atoms with van der Waals surface area (Å²) < 4.78 is 6.25. The van der Waals surface area contributed by atoms with Gasteiger partial charge in [0, 0.05) is 25.6 Å². The van der Waals surface area contributed by atoms with Crippen molar-refractivity contribution in [3.8, 4) is 5.75 Å². The van der Waals surface area contributed by atoms with Crippen LogP contribution in [0.3, 0.4) is 0 Å². The first-order valence-electron chi connectivity index (χ1n) is 12.6. The Morgan fingerprint density at radius 3 is 2.26 bits per heavy atom. The minimum atomic E-state index is -0.674. The molecule has 35 heavy (non-hydrogen) atoms. The fourth-order valence-corrected chi connectivity index (χ4v) is 5.41. The van der Waals surface area contributed by atoms with Gasteiger partial charge in [0.05, 0.1) is 12.5 Å². The lowest BCUT2D eigenvalue weighted by molar-refractivity contribution is -0.147. The number of carboxylic acids is 1. The third kappa shape index (κ3) is 5.33. The Hall–Kier alpha value is -3.37. The van der Waals surface area contributed by atoms with E-state index in [0.29, 0.717) is 25.6 Å². The molecule has 0 atom stereocenters. The van der Waals surface area contributed by atoms with Crippen LogP contribution in [-0.2, 0) is 11.2 Å². The highest BCUT2D eigenvalue weighted by Gasteiger charge is 2.33. The van der Waals surface area contributed by atoms with Crippen molar-refractivity contribution in [2.75, 3.05) is 26.2 Å². The van der Waals surface area contributed by atoms with Crippen LogP contribution in [0, 0.1) is 5.92 Å². The number of ether oxygens (including phenoxy) is 1. The second-order valence-corrected chi connectivity index (χ2v) is 9.79. The average molecular weight is 468 g/mol. The molecule has 0 saturated carbocycles. The molecule has 1 fully saturated rings. The molecule has 180 valence electrons. The molecular weight excluding hydrogens is 434 g/mol. The molecule has 0 amide bonds. The number of rotatable bonds is 9. The summed E-state index contributed by atoms with van der Waals surface area (Å²) in [6.07, 6.45) is 2.95. The van der Waals surface area contributed by atoms with Gasteiger partial charge in [0.15, 0.2) is 0 Å². The second kappa shape index (κ2) is 10.5. The summed E-state index contributed by atoms with van der Waals surface area (Å²) in [4.78, 5) is 13.3. The third-order valence-electron chi connectivity index (χ3n) is 7.51. The van der Waals surface area contributed by atoms with Gasteiger partial charge in [-0.25, -0.2) is 0 Å². The summed E-state index contributed by atoms with van der Waals surface area (Å²) in [5.74, 6) is 0.374. The molecule has 1 heterocycles. The van der Waals surface area contributed by atoms with Gasteiger partial charge in [-0.05, 0) is 66.1 Å². The van der Waals surface area contributed by atoms with Crippen LogP contribution in [0.2, 0.25) is 0 Å². The predicted molar refractivity (Wildman–Crippen MR) is 140 cm³/mol. The van der Waals surface area contributed by atoms with Crippen LogP contribution in [0.1, 0.15) is 47.9 Å². The number of carboxylic acid groups (broad SMARTS) is 1. The molecule has 0 spiro atoms. The van der Waals surface area contributed by atoms with E-state index in [1.807, 2.05) is 0 Å². The molecule has 4 heteroatoms. The molecule has 1 aliphatic heterocycles. The lowest BCUT2D eigenvalue weighted by Crippen LogP contribution is -2.50. The standard InChI is InChI=1S/C31H33NO3/c1-22-26(19-32-20-27(21-32)31(33)34)13-12-25-18-28(14-15-29(22)25)35-17-16-30(23-8-4-2-5-9-23)24-10-6-3-7-11-24/h2-11,14-15,18,27,30H,12-13,16-17,19-21H2,1H3,(H,33,34). The van der Waals surface area contributed by atoms with Gasteiger partial charge < -0.3 is 9.84 Å². The molecule has 5 rings (SSSR count). The van der Waals surface area contributed by atoms with Crippen LogP contribution in [-0.4, -0.2) is 42.2 Å². The molecule has 0 bridgehead atoms. The number of aliphatic carboxylic acids is 1. The van der Waals surface area contributed by atoms with Crippen LogP contribution in [0.15, 0.2) is 84.4 Å². The molecule has 1 aliphatic carbocycles. The largest absolute Gasteiger partial charge is 0.494 e. The van der Waals surface area contributed by atoms with Crippen molar-refractivity contribution in [2.45, 2.75) is 32.1 Å². The van der Waals surface area contributed by atoms with Crippen LogP contribution in [0.5, 0.6) is 5.75 Å². The van der Waals surface area contributed by atoms with Gasteiger partial charge >= 0.3 is 5.97 Å². The van der Waals surface area contributed by atoms with Gasteiger partial charge in [-0.3, -0.25) is 9.69 Å². The Morgan fingerprint density at radius 2 is 1.63 bits per heavy atom. The third-order valence-corrected chi connectivity index (χ3v) is 7.51. The Kier molecular flexibility index (Phi) is 7.01. The first kappa shape index (κ1) is 23.4. The first-order chi connectivity index (χ1) is 17.1. The molecule has 0 unspecified atom stereocenters. The average Bonchev–Trinajstić information content (AvgIpc) is 2.86. The minimum absolute atomic E-state index is 0.199. The molecule has 0 aromatic heterocycles. The van der Waals surface area contributed by atoms with Gasteiger partial charge in [-0.2, -0.15) is 0 Å². The number of allylic oxidation sites excluding steroid dienone is 1. The highest BCUT2D eigenvalue weighted by molar-refractivity contribution is 5.73. The van der Waals surface area contributed by atoms with Crippen molar-refractivity contribution < 1.29 is 14.6 Å². The van der Waals surface area contributed by atoms with E-state index in [1.165, 1.54) is 33.4 Å². The smallest absolute Gasteiger partial charge is 0.309 e. The number of benzene rings is 3. The van der Waals surface area contributed by atoms with E-state index in [0.717, 1.165) is 31.6 Å². The maximum atomic E-state index is 11.1. The van der Waals surface area contributed by atoms with Gasteiger partial charge in [-0.15, -0.1) is 0 Å². The van der Waals surface area contributed by atoms with E-state index in [1.54, 1.807) is 0 Å². The summed E-state index contributed by atoms with van der Waals surface area (Å²) in [7, 11) is 0. The lowest BCUT2D eigenvalue weighted by Gasteiger charge is -2.38. The highest BCUT2D eigenvalue weighted by atomic mass is 16.5. The Bertz CT molecular complexity index is 1160. The van der Waals surface area contributed by atoms with Crippen molar-refractivity contribution >= 4 is 11.5 Å². The number of carbonyl (C=O) groups is 1. The summed E-state index contributed by atoms with van der Waals surface area (Å²) in [5.41, 5.74) is 8.06. The summed E-state index contributed by atoms with van der Waals surface area (Å²) in [6, 6.07) is 27.8. The van der Waals surface area contributed by atoms with E-state index < -0.39 is 5.97 Å². The summed E-state index contributed by atoms with van der Waals surface area (Å²) in [6.45, 7) is 5.07. The zero-order chi connectivity index (χ0) is 24.2. The van der Waals surface area contributed by atoms with Crippen molar-refractivity contribution in [1.29, 1.82) is 0 Å². The zero-order valence-electron chi connectivity index (χ0n) is 20.3. The van der Waals surface area contributed by atoms with Crippen molar-refractivity contribution in [2.24, 2.45) is 5.92 Å². The predicted octanol–water partition coefficient (Wildman–Crippen LogP) is 6.02. The van der Waals surface area contributed by atoms with Crippen molar-refractivity contribution in [3.63, 3.8) is 0 Å². The van der Waals surface area contributed by atoms with Gasteiger partial charge in [0.25, 0.3) is 0 Å². The molecule has 0 radical (unpaired) electrons. The van der Waals surface area contributed by atoms with E-state index in [-0.39, 0.29) is 5.92 Å². The number of aryl methyl sites for hydroxylation is 1. The number of hydrogen-bond donors (Lipinski definition) is 1. The van der Waals surface area contributed by atoms with E-state index in [9.17, 15) is 4.79 Å². The van der Waals surface area contributed by atoms with Crippen molar-refractivity contribution in [1.82, 2.24) is 4.90 Å². The molecule has 2 aliphatic rings. The van der Waals surface area contributed by atoms with Crippen LogP contribution < -0.4 is 4.74 Å².